The van der Waals surface area contributed by atoms with Crippen LogP contribution in [-0.2, 0) is 6.54 Å². The number of halogens is 1. The molecule has 0 aliphatic carbocycles. The van der Waals surface area contributed by atoms with Gasteiger partial charge in [-0.3, -0.25) is 0 Å². The molecule has 1 heterocycles. The average molecular weight is 241 g/mol. The van der Waals surface area contributed by atoms with E-state index in [4.69, 9.17) is 23.8 Å². The van der Waals surface area contributed by atoms with Gasteiger partial charge in [-0.1, -0.05) is 17.7 Å². The molecular weight excluding hydrogens is 228 g/mol. The van der Waals surface area contributed by atoms with Gasteiger partial charge in [0.2, 0.25) is 0 Å². The Morgan fingerprint density at radius 3 is 2.93 bits per heavy atom. The summed E-state index contributed by atoms with van der Waals surface area (Å²) in [7, 11) is 0. The first-order valence-corrected chi connectivity index (χ1v) is 5.73. The van der Waals surface area contributed by atoms with E-state index in [2.05, 4.69) is 23.2 Å². The van der Waals surface area contributed by atoms with Crippen LogP contribution in [-0.4, -0.2) is 23.1 Å². The minimum atomic E-state index is 0.790. The minimum absolute atomic E-state index is 0.790. The summed E-state index contributed by atoms with van der Waals surface area (Å²) < 4.78 is 0. The number of thiocarbonyl (C=S) groups is 1. The maximum Gasteiger partial charge on any atom is 0.169 e. The van der Waals surface area contributed by atoms with Gasteiger partial charge in [-0.2, -0.15) is 0 Å². The second kappa shape index (κ2) is 4.37. The van der Waals surface area contributed by atoms with Crippen LogP contribution < -0.4 is 5.32 Å². The maximum atomic E-state index is 5.91. The Labute approximate surface area is 100 Å². The van der Waals surface area contributed by atoms with Crippen LogP contribution in [0.25, 0.3) is 0 Å². The van der Waals surface area contributed by atoms with Gasteiger partial charge < -0.3 is 10.2 Å². The molecule has 0 bridgehead atoms. The predicted octanol–water partition coefficient (Wildman–Crippen LogP) is 2.34. The van der Waals surface area contributed by atoms with E-state index in [0.29, 0.717) is 0 Å². The third-order valence-electron chi connectivity index (χ3n) is 2.61. The monoisotopic (exact) mass is 240 g/mol. The molecule has 0 aromatic heterocycles. The maximum absolute atomic E-state index is 5.91. The molecule has 1 fully saturated rings. The SMILES string of the molecule is Cc1cc(Cl)ccc1CN1CCNC1=S. The fourth-order valence-corrected chi connectivity index (χ4v) is 2.19. The normalized spacial score (nSPS) is 15.6. The van der Waals surface area contributed by atoms with Crippen molar-refractivity contribution >= 4 is 28.9 Å². The van der Waals surface area contributed by atoms with Crippen LogP contribution in [0.1, 0.15) is 11.1 Å². The third-order valence-corrected chi connectivity index (χ3v) is 3.25. The summed E-state index contributed by atoms with van der Waals surface area (Å²) in [6.07, 6.45) is 0. The lowest BCUT2D eigenvalue weighted by atomic mass is 10.1. The second-order valence-corrected chi connectivity index (χ2v) is 4.55. The topological polar surface area (TPSA) is 15.3 Å². The van der Waals surface area contributed by atoms with Gasteiger partial charge >= 0.3 is 0 Å². The molecule has 4 heteroatoms. The van der Waals surface area contributed by atoms with Crippen LogP contribution in [0.3, 0.4) is 0 Å². The molecule has 1 aliphatic heterocycles. The smallest absolute Gasteiger partial charge is 0.169 e. The van der Waals surface area contributed by atoms with E-state index in [-0.39, 0.29) is 0 Å². The van der Waals surface area contributed by atoms with Crippen molar-refractivity contribution in [2.45, 2.75) is 13.5 Å². The number of rotatable bonds is 2. The fraction of sp³-hybridized carbons (Fsp3) is 0.364. The van der Waals surface area contributed by atoms with E-state index in [9.17, 15) is 0 Å². The summed E-state index contributed by atoms with van der Waals surface area (Å²) >= 11 is 11.1. The number of benzene rings is 1. The van der Waals surface area contributed by atoms with Crippen LogP contribution in [0, 0.1) is 6.92 Å². The zero-order chi connectivity index (χ0) is 10.8. The average Bonchev–Trinajstić information content (AvgIpc) is 2.57. The molecule has 1 saturated heterocycles. The lowest BCUT2D eigenvalue weighted by molar-refractivity contribution is 0.462. The zero-order valence-electron chi connectivity index (χ0n) is 8.59. The molecular formula is C11H13ClN2S. The second-order valence-electron chi connectivity index (χ2n) is 3.72. The highest BCUT2D eigenvalue weighted by atomic mass is 35.5. The van der Waals surface area contributed by atoms with Gasteiger partial charge in [0.1, 0.15) is 0 Å². The van der Waals surface area contributed by atoms with Gasteiger partial charge in [0.25, 0.3) is 0 Å². The molecule has 2 rings (SSSR count). The van der Waals surface area contributed by atoms with E-state index >= 15 is 0 Å². The van der Waals surface area contributed by atoms with E-state index in [1.807, 2.05) is 12.1 Å². The number of aryl methyl sites for hydroxylation is 1. The summed E-state index contributed by atoms with van der Waals surface area (Å²) in [5.41, 5.74) is 2.50. The van der Waals surface area contributed by atoms with Gasteiger partial charge in [0.05, 0.1) is 0 Å². The molecule has 1 aromatic carbocycles. The molecule has 0 saturated carbocycles. The molecule has 0 spiro atoms. The van der Waals surface area contributed by atoms with Crippen molar-refractivity contribution in [3.8, 4) is 0 Å². The lowest BCUT2D eigenvalue weighted by Gasteiger charge is -2.17. The standard InChI is InChI=1S/C11H13ClN2S/c1-8-6-10(12)3-2-9(8)7-14-5-4-13-11(14)15/h2-3,6H,4-5,7H2,1H3,(H,13,15). The van der Waals surface area contributed by atoms with Crippen molar-refractivity contribution in [1.82, 2.24) is 10.2 Å². The molecule has 1 aromatic rings. The van der Waals surface area contributed by atoms with Gasteiger partial charge in [-0.15, -0.1) is 0 Å². The first-order valence-electron chi connectivity index (χ1n) is 4.94. The van der Waals surface area contributed by atoms with Crippen molar-refractivity contribution in [2.75, 3.05) is 13.1 Å². The Balaban J connectivity index is 2.13. The number of nitrogens with zero attached hydrogens (tertiary/aromatic N) is 1. The third kappa shape index (κ3) is 2.41. The first kappa shape index (κ1) is 10.7. The molecule has 1 aliphatic rings. The molecule has 80 valence electrons. The number of nitrogens with one attached hydrogen (secondary N) is 1. The van der Waals surface area contributed by atoms with Crippen LogP contribution in [0.2, 0.25) is 5.02 Å². The Bertz CT molecular complexity index is 392. The van der Waals surface area contributed by atoms with E-state index in [1.165, 1.54) is 11.1 Å². The van der Waals surface area contributed by atoms with Crippen LogP contribution in [0.4, 0.5) is 0 Å². The summed E-state index contributed by atoms with van der Waals surface area (Å²) in [5, 5.41) is 4.79. The summed E-state index contributed by atoms with van der Waals surface area (Å²) in [6, 6.07) is 5.98. The van der Waals surface area contributed by atoms with Crippen LogP contribution >= 0.6 is 23.8 Å². The number of hydrogen-bond acceptors (Lipinski definition) is 1. The Hall–Kier alpha value is -0.800. The van der Waals surface area contributed by atoms with Crippen LogP contribution in [0.15, 0.2) is 18.2 Å². The van der Waals surface area contributed by atoms with E-state index < -0.39 is 0 Å². The highest BCUT2D eigenvalue weighted by Crippen LogP contribution is 2.17. The molecule has 0 amide bonds. The van der Waals surface area contributed by atoms with Crippen molar-refractivity contribution in [3.05, 3.63) is 34.3 Å². The molecule has 15 heavy (non-hydrogen) atoms. The van der Waals surface area contributed by atoms with Crippen molar-refractivity contribution in [2.24, 2.45) is 0 Å². The number of hydrogen-bond donors (Lipinski definition) is 1. The highest BCUT2D eigenvalue weighted by molar-refractivity contribution is 7.80. The van der Waals surface area contributed by atoms with Gasteiger partial charge in [-0.25, -0.2) is 0 Å². The molecule has 0 unspecified atom stereocenters. The van der Waals surface area contributed by atoms with E-state index in [0.717, 1.165) is 29.8 Å². The minimum Gasteiger partial charge on any atom is -0.361 e. The molecule has 0 atom stereocenters. The summed E-state index contributed by atoms with van der Waals surface area (Å²) in [4.78, 5) is 2.17. The fourth-order valence-electron chi connectivity index (χ4n) is 1.70. The Morgan fingerprint density at radius 2 is 2.33 bits per heavy atom. The van der Waals surface area contributed by atoms with Gasteiger partial charge in [0.15, 0.2) is 5.11 Å². The predicted molar refractivity (Wildman–Crippen MR) is 67.2 cm³/mol. The van der Waals surface area contributed by atoms with Gasteiger partial charge in [-0.05, 0) is 42.4 Å². The summed E-state index contributed by atoms with van der Waals surface area (Å²) in [5.74, 6) is 0. The molecule has 2 nitrogen and oxygen atoms in total. The summed E-state index contributed by atoms with van der Waals surface area (Å²) in [6.45, 7) is 4.88. The van der Waals surface area contributed by atoms with Crippen LogP contribution in [0.5, 0.6) is 0 Å². The Morgan fingerprint density at radius 1 is 1.53 bits per heavy atom. The van der Waals surface area contributed by atoms with Crippen molar-refractivity contribution < 1.29 is 0 Å². The zero-order valence-corrected chi connectivity index (χ0v) is 10.2. The highest BCUT2D eigenvalue weighted by Gasteiger charge is 2.16. The molecule has 1 N–H and O–H groups in total. The largest absolute Gasteiger partial charge is 0.361 e. The van der Waals surface area contributed by atoms with E-state index in [1.54, 1.807) is 0 Å². The van der Waals surface area contributed by atoms with Gasteiger partial charge in [0, 0.05) is 24.7 Å². The van der Waals surface area contributed by atoms with Crippen molar-refractivity contribution in [1.29, 1.82) is 0 Å². The molecule has 0 radical (unpaired) electrons. The lowest BCUT2D eigenvalue weighted by Crippen LogP contribution is -2.27. The quantitative estimate of drug-likeness (QED) is 0.799. The van der Waals surface area contributed by atoms with Crippen molar-refractivity contribution in [3.63, 3.8) is 0 Å². The Kier molecular flexibility index (Phi) is 3.12. The first-order chi connectivity index (χ1) is 7.16.